The third-order valence-electron chi connectivity index (χ3n) is 2.56. The molecule has 3 nitrogen and oxygen atoms in total. The van der Waals surface area contributed by atoms with Crippen molar-refractivity contribution in [1.82, 2.24) is 5.32 Å². The molecule has 102 valence electrons. The Morgan fingerprint density at radius 3 is 2.50 bits per heavy atom. The van der Waals surface area contributed by atoms with Gasteiger partial charge in [0.25, 0.3) is 0 Å². The minimum absolute atomic E-state index is 0.201. The second-order valence-corrected chi connectivity index (χ2v) is 6.93. The van der Waals surface area contributed by atoms with Gasteiger partial charge >= 0.3 is 5.97 Å². The van der Waals surface area contributed by atoms with Crippen LogP contribution in [0.4, 0.5) is 0 Å². The fraction of sp³-hybridized carbons (Fsp3) is 0.643. The fourth-order valence-electron chi connectivity index (χ4n) is 1.46. The molecule has 18 heavy (non-hydrogen) atoms. The Kier molecular flexibility index (Phi) is 4.93. The molecule has 0 aliphatic rings. The SMILES string of the molecule is Cc1cc(CNC(C)C(=O)OC(C)(C)C)sc1C. The fourth-order valence-corrected chi connectivity index (χ4v) is 2.47. The molecule has 0 aromatic carbocycles. The normalized spacial score (nSPS) is 13.4. The van der Waals surface area contributed by atoms with E-state index in [-0.39, 0.29) is 12.0 Å². The Bertz CT molecular complexity index is 398. The Balaban J connectivity index is 2.46. The highest BCUT2D eigenvalue weighted by molar-refractivity contribution is 7.12. The summed E-state index contributed by atoms with van der Waals surface area (Å²) < 4.78 is 5.32. The second-order valence-electron chi connectivity index (χ2n) is 5.59. The maximum absolute atomic E-state index is 11.8. The molecule has 1 heterocycles. The van der Waals surface area contributed by atoms with Crippen LogP contribution in [0.15, 0.2) is 6.07 Å². The van der Waals surface area contributed by atoms with E-state index in [2.05, 4.69) is 25.2 Å². The van der Waals surface area contributed by atoms with Crippen molar-refractivity contribution in [3.63, 3.8) is 0 Å². The molecule has 0 amide bonds. The van der Waals surface area contributed by atoms with Crippen molar-refractivity contribution in [3.8, 4) is 0 Å². The van der Waals surface area contributed by atoms with Crippen molar-refractivity contribution in [3.05, 3.63) is 21.4 Å². The zero-order valence-corrected chi connectivity index (χ0v) is 12.9. The standard InChI is InChI=1S/C14H23NO2S/c1-9-7-12(18-11(9)3)8-15-10(2)13(16)17-14(4,5)6/h7,10,15H,8H2,1-6H3. The Hall–Kier alpha value is -0.870. The van der Waals surface area contributed by atoms with E-state index in [4.69, 9.17) is 4.74 Å². The maximum Gasteiger partial charge on any atom is 0.323 e. The molecule has 0 saturated heterocycles. The minimum atomic E-state index is -0.427. The van der Waals surface area contributed by atoms with Gasteiger partial charge in [-0.15, -0.1) is 11.3 Å². The summed E-state index contributed by atoms with van der Waals surface area (Å²) in [5.74, 6) is -0.201. The number of carbonyl (C=O) groups is 1. The molecule has 1 aromatic heterocycles. The van der Waals surface area contributed by atoms with Gasteiger partial charge in [-0.2, -0.15) is 0 Å². The molecule has 1 atom stereocenters. The zero-order chi connectivity index (χ0) is 13.9. The summed E-state index contributed by atoms with van der Waals surface area (Å²) in [7, 11) is 0. The first-order valence-electron chi connectivity index (χ1n) is 6.21. The molecule has 0 fully saturated rings. The number of aryl methyl sites for hydroxylation is 2. The lowest BCUT2D eigenvalue weighted by atomic mass is 10.2. The van der Waals surface area contributed by atoms with E-state index in [1.807, 2.05) is 27.7 Å². The predicted octanol–water partition coefficient (Wildman–Crippen LogP) is 3.18. The van der Waals surface area contributed by atoms with Crippen LogP contribution in [0.5, 0.6) is 0 Å². The molecule has 1 rings (SSSR count). The van der Waals surface area contributed by atoms with Crippen LogP contribution in [0.2, 0.25) is 0 Å². The van der Waals surface area contributed by atoms with Gasteiger partial charge in [-0.25, -0.2) is 0 Å². The van der Waals surface area contributed by atoms with E-state index in [9.17, 15) is 4.79 Å². The van der Waals surface area contributed by atoms with Crippen LogP contribution in [0.3, 0.4) is 0 Å². The number of hydrogen-bond donors (Lipinski definition) is 1. The van der Waals surface area contributed by atoms with Gasteiger partial charge in [0.1, 0.15) is 11.6 Å². The van der Waals surface area contributed by atoms with Crippen LogP contribution < -0.4 is 5.32 Å². The molecule has 0 spiro atoms. The first-order valence-corrected chi connectivity index (χ1v) is 7.03. The lowest BCUT2D eigenvalue weighted by molar-refractivity contribution is -0.157. The highest BCUT2D eigenvalue weighted by Gasteiger charge is 2.21. The molecule has 1 unspecified atom stereocenters. The second kappa shape index (κ2) is 5.85. The quantitative estimate of drug-likeness (QED) is 0.853. The van der Waals surface area contributed by atoms with Gasteiger partial charge in [0.05, 0.1) is 0 Å². The maximum atomic E-state index is 11.8. The van der Waals surface area contributed by atoms with Gasteiger partial charge in [-0.3, -0.25) is 10.1 Å². The summed E-state index contributed by atoms with van der Waals surface area (Å²) >= 11 is 1.77. The number of rotatable bonds is 4. The van der Waals surface area contributed by atoms with E-state index < -0.39 is 5.60 Å². The third-order valence-corrected chi connectivity index (χ3v) is 3.71. The van der Waals surface area contributed by atoms with E-state index >= 15 is 0 Å². The molecule has 4 heteroatoms. The van der Waals surface area contributed by atoms with E-state index in [0.717, 1.165) is 0 Å². The summed E-state index contributed by atoms with van der Waals surface area (Å²) in [6.07, 6.45) is 0. The van der Waals surface area contributed by atoms with Crippen LogP contribution in [0.1, 0.15) is 43.0 Å². The Morgan fingerprint density at radius 2 is 2.06 bits per heavy atom. The first kappa shape index (κ1) is 15.2. The summed E-state index contributed by atoms with van der Waals surface area (Å²) in [5, 5.41) is 3.20. The Morgan fingerprint density at radius 1 is 1.44 bits per heavy atom. The van der Waals surface area contributed by atoms with Gasteiger partial charge in [-0.1, -0.05) is 0 Å². The van der Waals surface area contributed by atoms with Crippen molar-refractivity contribution >= 4 is 17.3 Å². The average molecular weight is 269 g/mol. The van der Waals surface area contributed by atoms with E-state index in [1.165, 1.54) is 15.3 Å². The van der Waals surface area contributed by atoms with Crippen molar-refractivity contribution in [2.45, 2.75) is 59.7 Å². The molecular weight excluding hydrogens is 246 g/mol. The first-order chi connectivity index (χ1) is 8.19. The molecule has 1 aromatic rings. The molecule has 0 saturated carbocycles. The highest BCUT2D eigenvalue weighted by atomic mass is 32.1. The number of thiophene rings is 1. The summed E-state index contributed by atoms with van der Waals surface area (Å²) in [4.78, 5) is 14.4. The molecular formula is C14H23NO2S. The van der Waals surface area contributed by atoms with Crippen molar-refractivity contribution in [2.75, 3.05) is 0 Å². The van der Waals surface area contributed by atoms with Crippen LogP contribution in [-0.4, -0.2) is 17.6 Å². The molecule has 0 aliphatic heterocycles. The minimum Gasteiger partial charge on any atom is -0.459 e. The van der Waals surface area contributed by atoms with E-state index in [0.29, 0.717) is 6.54 Å². The molecule has 0 bridgehead atoms. The molecule has 0 radical (unpaired) electrons. The van der Waals surface area contributed by atoms with Gasteiger partial charge < -0.3 is 4.74 Å². The van der Waals surface area contributed by atoms with Crippen LogP contribution in [0.25, 0.3) is 0 Å². The highest BCUT2D eigenvalue weighted by Crippen LogP contribution is 2.20. The van der Waals surface area contributed by atoms with Gasteiger partial charge in [0.15, 0.2) is 0 Å². The molecule has 1 N–H and O–H groups in total. The van der Waals surface area contributed by atoms with Crippen molar-refractivity contribution in [2.24, 2.45) is 0 Å². The van der Waals surface area contributed by atoms with Crippen molar-refractivity contribution in [1.29, 1.82) is 0 Å². The largest absolute Gasteiger partial charge is 0.459 e. The van der Waals surface area contributed by atoms with Crippen LogP contribution in [0, 0.1) is 13.8 Å². The summed E-state index contributed by atoms with van der Waals surface area (Å²) in [6.45, 7) is 12.4. The van der Waals surface area contributed by atoms with Gasteiger partial charge in [0, 0.05) is 16.3 Å². The van der Waals surface area contributed by atoms with Gasteiger partial charge in [0.2, 0.25) is 0 Å². The Labute approximate surface area is 114 Å². The topological polar surface area (TPSA) is 38.3 Å². The lowest BCUT2D eigenvalue weighted by Crippen LogP contribution is -2.38. The summed E-state index contributed by atoms with van der Waals surface area (Å²) in [5.41, 5.74) is 0.880. The van der Waals surface area contributed by atoms with Crippen molar-refractivity contribution < 1.29 is 9.53 Å². The summed E-state index contributed by atoms with van der Waals surface area (Å²) in [6, 6.07) is 1.88. The number of carbonyl (C=O) groups excluding carboxylic acids is 1. The third kappa shape index (κ3) is 4.78. The van der Waals surface area contributed by atoms with E-state index in [1.54, 1.807) is 11.3 Å². The number of hydrogen-bond acceptors (Lipinski definition) is 4. The molecule has 0 aliphatic carbocycles. The van der Waals surface area contributed by atoms with Crippen LogP contribution in [-0.2, 0) is 16.1 Å². The van der Waals surface area contributed by atoms with Gasteiger partial charge in [-0.05, 0) is 53.2 Å². The number of nitrogens with one attached hydrogen (secondary N) is 1. The predicted molar refractivity (Wildman–Crippen MR) is 75.9 cm³/mol. The smallest absolute Gasteiger partial charge is 0.323 e. The lowest BCUT2D eigenvalue weighted by Gasteiger charge is -2.22. The number of ether oxygens (including phenoxy) is 1. The van der Waals surface area contributed by atoms with Crippen LogP contribution >= 0.6 is 11.3 Å². The zero-order valence-electron chi connectivity index (χ0n) is 12.1. The average Bonchev–Trinajstić information content (AvgIpc) is 2.52. The number of esters is 1. The monoisotopic (exact) mass is 269 g/mol.